The van der Waals surface area contributed by atoms with Gasteiger partial charge >= 0.3 is 0 Å². The minimum absolute atomic E-state index is 0.0139. The third-order valence-corrected chi connectivity index (χ3v) is 3.89. The fourth-order valence-electron chi connectivity index (χ4n) is 2.12. The zero-order valence-electron chi connectivity index (χ0n) is 11.7. The highest BCUT2D eigenvalue weighted by Crippen LogP contribution is 2.27. The fraction of sp³-hybridized carbons (Fsp3) is 0.0588. The van der Waals surface area contributed by atoms with Gasteiger partial charge in [-0.05, 0) is 59.3 Å². The lowest BCUT2D eigenvalue weighted by atomic mass is 10.1. The van der Waals surface area contributed by atoms with Gasteiger partial charge in [0.15, 0.2) is 11.5 Å². The van der Waals surface area contributed by atoms with Gasteiger partial charge in [0, 0.05) is 16.6 Å². The van der Waals surface area contributed by atoms with Crippen LogP contribution >= 0.6 is 15.9 Å². The van der Waals surface area contributed by atoms with Gasteiger partial charge in [-0.1, -0.05) is 12.1 Å². The zero-order chi connectivity index (χ0) is 15.7. The van der Waals surface area contributed by atoms with E-state index in [9.17, 15) is 9.59 Å². The summed E-state index contributed by atoms with van der Waals surface area (Å²) in [5.41, 5.74) is 1.85. The first kappa shape index (κ1) is 14.5. The Morgan fingerprint density at radius 2 is 1.82 bits per heavy atom. The van der Waals surface area contributed by atoms with E-state index in [4.69, 9.17) is 4.42 Å². The summed E-state index contributed by atoms with van der Waals surface area (Å²) in [4.78, 5) is 23.5. The lowest BCUT2D eigenvalue weighted by molar-refractivity contribution is 0.0996. The number of ketones is 1. The van der Waals surface area contributed by atoms with E-state index in [2.05, 4.69) is 21.2 Å². The number of carbonyl (C=O) groups excluding carboxylic acids is 2. The van der Waals surface area contributed by atoms with Gasteiger partial charge in [0.2, 0.25) is 0 Å². The Bertz CT molecular complexity index is 865. The molecule has 0 aliphatic carbocycles. The number of hydrogen-bond donors (Lipinski definition) is 1. The standard InChI is InChI=1S/C17H12BrNO3/c1-10(20)11-5-7-13(8-6-11)19-17(21)15-9-12-3-2-4-14(18)16(12)22-15/h2-9H,1H3,(H,19,21). The molecule has 2 aromatic carbocycles. The average molecular weight is 358 g/mol. The largest absolute Gasteiger partial charge is 0.450 e. The molecule has 0 spiro atoms. The highest BCUT2D eigenvalue weighted by molar-refractivity contribution is 9.10. The van der Waals surface area contributed by atoms with Gasteiger partial charge in [0.05, 0.1) is 4.47 Å². The maximum atomic E-state index is 12.2. The van der Waals surface area contributed by atoms with Crippen molar-refractivity contribution >= 4 is 44.3 Å². The molecule has 3 aromatic rings. The Balaban J connectivity index is 1.83. The number of hydrogen-bond acceptors (Lipinski definition) is 3. The molecule has 110 valence electrons. The van der Waals surface area contributed by atoms with Crippen LogP contribution in [-0.4, -0.2) is 11.7 Å². The summed E-state index contributed by atoms with van der Waals surface area (Å²) < 4.78 is 6.38. The molecule has 1 heterocycles. The van der Waals surface area contributed by atoms with Gasteiger partial charge in [-0.2, -0.15) is 0 Å². The van der Waals surface area contributed by atoms with Crippen molar-refractivity contribution in [2.75, 3.05) is 5.32 Å². The number of nitrogens with one attached hydrogen (secondary N) is 1. The minimum atomic E-state index is -0.335. The van der Waals surface area contributed by atoms with Crippen LogP contribution < -0.4 is 5.32 Å². The predicted molar refractivity (Wildman–Crippen MR) is 88.3 cm³/mol. The lowest BCUT2D eigenvalue weighted by Gasteiger charge is -2.03. The summed E-state index contributed by atoms with van der Waals surface area (Å²) in [6.07, 6.45) is 0. The Kier molecular flexibility index (Phi) is 3.81. The number of furan rings is 1. The zero-order valence-corrected chi connectivity index (χ0v) is 13.3. The van der Waals surface area contributed by atoms with Gasteiger partial charge in [0.25, 0.3) is 5.91 Å². The molecule has 0 unspecified atom stereocenters. The van der Waals surface area contributed by atoms with Crippen molar-refractivity contribution in [2.45, 2.75) is 6.92 Å². The summed E-state index contributed by atoms with van der Waals surface area (Å²) in [7, 11) is 0. The summed E-state index contributed by atoms with van der Waals surface area (Å²) in [5.74, 6) is -0.115. The molecule has 0 radical (unpaired) electrons. The summed E-state index contributed by atoms with van der Waals surface area (Å²) in [6, 6.07) is 14.0. The van der Waals surface area contributed by atoms with Crippen LogP contribution in [0.1, 0.15) is 27.8 Å². The normalized spacial score (nSPS) is 10.6. The Hall–Kier alpha value is -2.40. The van der Waals surface area contributed by atoms with Crippen molar-refractivity contribution in [1.29, 1.82) is 0 Å². The van der Waals surface area contributed by atoms with Crippen molar-refractivity contribution in [1.82, 2.24) is 0 Å². The Morgan fingerprint density at radius 1 is 1.09 bits per heavy atom. The van der Waals surface area contributed by atoms with Gasteiger partial charge in [-0.3, -0.25) is 9.59 Å². The second-order valence-corrected chi connectivity index (χ2v) is 5.71. The Morgan fingerprint density at radius 3 is 2.45 bits per heavy atom. The molecule has 0 saturated heterocycles. The predicted octanol–water partition coefficient (Wildman–Crippen LogP) is 4.65. The van der Waals surface area contributed by atoms with E-state index < -0.39 is 0 Å². The molecule has 1 aromatic heterocycles. The maximum absolute atomic E-state index is 12.2. The van der Waals surface area contributed by atoms with Crippen LogP contribution in [0, 0.1) is 0 Å². The topological polar surface area (TPSA) is 59.3 Å². The van der Waals surface area contributed by atoms with Crippen LogP contribution in [0.3, 0.4) is 0 Å². The van der Waals surface area contributed by atoms with Crippen molar-refractivity contribution in [3.8, 4) is 0 Å². The third kappa shape index (κ3) is 2.80. The lowest BCUT2D eigenvalue weighted by Crippen LogP contribution is -2.10. The molecule has 0 bridgehead atoms. The number of Topliss-reactive ketones (excluding diaryl/α,β-unsaturated/α-hetero) is 1. The molecule has 3 rings (SSSR count). The summed E-state index contributed by atoms with van der Waals surface area (Å²) >= 11 is 3.39. The van der Waals surface area contributed by atoms with Crippen molar-refractivity contribution in [3.05, 3.63) is 64.3 Å². The molecule has 1 amide bonds. The summed E-state index contributed by atoms with van der Waals surface area (Å²) in [6.45, 7) is 1.50. The smallest absolute Gasteiger partial charge is 0.291 e. The molecule has 0 aliphatic heterocycles. The third-order valence-electron chi connectivity index (χ3n) is 3.27. The van der Waals surface area contributed by atoms with Gasteiger partial charge in [0.1, 0.15) is 5.58 Å². The molecule has 4 nitrogen and oxygen atoms in total. The molecule has 0 atom stereocenters. The van der Waals surface area contributed by atoms with Crippen LogP contribution in [0.15, 0.2) is 57.4 Å². The monoisotopic (exact) mass is 357 g/mol. The number of anilines is 1. The molecule has 0 aliphatic rings. The van der Waals surface area contributed by atoms with Crippen molar-refractivity contribution < 1.29 is 14.0 Å². The molecule has 1 N–H and O–H groups in total. The van der Waals surface area contributed by atoms with E-state index in [-0.39, 0.29) is 17.5 Å². The quantitative estimate of drug-likeness (QED) is 0.694. The highest BCUT2D eigenvalue weighted by Gasteiger charge is 2.14. The van der Waals surface area contributed by atoms with Gasteiger partial charge in [-0.15, -0.1) is 0 Å². The fourth-order valence-corrected chi connectivity index (χ4v) is 2.58. The van der Waals surface area contributed by atoms with E-state index in [0.717, 1.165) is 9.86 Å². The molecular formula is C17H12BrNO3. The number of fused-ring (bicyclic) bond motifs is 1. The van der Waals surface area contributed by atoms with Gasteiger partial charge < -0.3 is 9.73 Å². The highest BCUT2D eigenvalue weighted by atomic mass is 79.9. The number of benzene rings is 2. The number of halogens is 1. The van der Waals surface area contributed by atoms with Crippen LogP contribution in [0.5, 0.6) is 0 Å². The second kappa shape index (κ2) is 5.77. The van der Waals surface area contributed by atoms with E-state index in [1.807, 2.05) is 18.2 Å². The first-order valence-electron chi connectivity index (χ1n) is 6.65. The average Bonchev–Trinajstić information content (AvgIpc) is 2.93. The summed E-state index contributed by atoms with van der Waals surface area (Å²) in [5, 5.41) is 3.60. The van der Waals surface area contributed by atoms with Gasteiger partial charge in [-0.25, -0.2) is 0 Å². The number of amides is 1. The maximum Gasteiger partial charge on any atom is 0.291 e. The van der Waals surface area contributed by atoms with E-state index in [1.54, 1.807) is 30.3 Å². The van der Waals surface area contributed by atoms with Crippen molar-refractivity contribution in [2.24, 2.45) is 0 Å². The van der Waals surface area contributed by atoms with Crippen LogP contribution in [0.25, 0.3) is 11.0 Å². The number of rotatable bonds is 3. The SMILES string of the molecule is CC(=O)c1ccc(NC(=O)c2cc3cccc(Br)c3o2)cc1. The van der Waals surface area contributed by atoms with E-state index >= 15 is 0 Å². The molecule has 5 heteroatoms. The molecular weight excluding hydrogens is 346 g/mol. The van der Waals surface area contributed by atoms with Crippen LogP contribution in [0.4, 0.5) is 5.69 Å². The molecule has 22 heavy (non-hydrogen) atoms. The first-order chi connectivity index (χ1) is 10.5. The first-order valence-corrected chi connectivity index (χ1v) is 7.44. The van der Waals surface area contributed by atoms with E-state index in [1.165, 1.54) is 6.92 Å². The second-order valence-electron chi connectivity index (χ2n) is 4.86. The molecule has 0 saturated carbocycles. The van der Waals surface area contributed by atoms with Crippen LogP contribution in [0.2, 0.25) is 0 Å². The minimum Gasteiger partial charge on any atom is -0.450 e. The van der Waals surface area contributed by atoms with Crippen LogP contribution in [-0.2, 0) is 0 Å². The van der Waals surface area contributed by atoms with Crippen molar-refractivity contribution in [3.63, 3.8) is 0 Å². The van der Waals surface area contributed by atoms with E-state index in [0.29, 0.717) is 16.8 Å². The number of para-hydroxylation sites is 1. The molecule has 0 fully saturated rings. The number of carbonyl (C=O) groups is 2. The Labute approximate surface area is 135 Å².